The lowest BCUT2D eigenvalue weighted by Crippen LogP contribution is -2.37. The van der Waals surface area contributed by atoms with Gasteiger partial charge >= 0.3 is 5.97 Å². The van der Waals surface area contributed by atoms with Crippen molar-refractivity contribution in [1.29, 1.82) is 0 Å². The van der Waals surface area contributed by atoms with Crippen LogP contribution in [-0.2, 0) is 14.3 Å². The van der Waals surface area contributed by atoms with Crippen molar-refractivity contribution >= 4 is 5.97 Å². The number of hydrogen-bond acceptors (Lipinski definition) is 4. The summed E-state index contributed by atoms with van der Waals surface area (Å²) in [7, 11) is 0. The average molecular weight is 271 g/mol. The van der Waals surface area contributed by atoms with Gasteiger partial charge in [0.2, 0.25) is 0 Å². The van der Waals surface area contributed by atoms with Crippen molar-refractivity contribution in [2.75, 3.05) is 19.7 Å². The number of nitrogens with one attached hydrogen (secondary N) is 1. The SMILES string of the molecule is CC(C)[C@H](COC1CCNCC1)C(=O)OC(C)(C)C. The van der Waals surface area contributed by atoms with Gasteiger partial charge in [0, 0.05) is 0 Å². The molecule has 0 aromatic heterocycles. The van der Waals surface area contributed by atoms with Gasteiger partial charge in [0.1, 0.15) is 5.60 Å². The number of piperidine rings is 1. The molecular weight excluding hydrogens is 242 g/mol. The van der Waals surface area contributed by atoms with Gasteiger partial charge in [-0.05, 0) is 52.6 Å². The minimum absolute atomic E-state index is 0.142. The number of carbonyl (C=O) groups is 1. The highest BCUT2D eigenvalue weighted by Gasteiger charge is 2.29. The molecule has 0 aromatic rings. The maximum Gasteiger partial charge on any atom is 0.312 e. The molecule has 1 rings (SSSR count). The third kappa shape index (κ3) is 6.39. The van der Waals surface area contributed by atoms with E-state index in [1.54, 1.807) is 0 Å². The summed E-state index contributed by atoms with van der Waals surface area (Å²) in [5, 5.41) is 3.31. The lowest BCUT2D eigenvalue weighted by molar-refractivity contribution is -0.165. The van der Waals surface area contributed by atoms with Crippen molar-refractivity contribution in [3.63, 3.8) is 0 Å². The molecule has 0 aromatic carbocycles. The molecule has 0 amide bonds. The quantitative estimate of drug-likeness (QED) is 0.780. The van der Waals surface area contributed by atoms with E-state index in [1.165, 1.54) is 0 Å². The van der Waals surface area contributed by atoms with Gasteiger partial charge in [0.25, 0.3) is 0 Å². The Hall–Kier alpha value is -0.610. The Balaban J connectivity index is 2.45. The van der Waals surface area contributed by atoms with E-state index in [4.69, 9.17) is 9.47 Å². The molecule has 1 aliphatic rings. The summed E-state index contributed by atoms with van der Waals surface area (Å²) in [5.74, 6) is -0.0814. The molecule has 0 unspecified atom stereocenters. The van der Waals surface area contributed by atoms with Crippen molar-refractivity contribution in [2.45, 2.75) is 59.2 Å². The zero-order chi connectivity index (χ0) is 14.5. The fourth-order valence-electron chi connectivity index (χ4n) is 2.11. The summed E-state index contributed by atoms with van der Waals surface area (Å²) in [5.41, 5.74) is -0.432. The number of ether oxygens (including phenoxy) is 2. The van der Waals surface area contributed by atoms with E-state index in [9.17, 15) is 4.79 Å². The predicted molar refractivity (Wildman–Crippen MR) is 76.0 cm³/mol. The Morgan fingerprint density at radius 3 is 2.32 bits per heavy atom. The van der Waals surface area contributed by atoms with Crippen LogP contribution in [0.1, 0.15) is 47.5 Å². The van der Waals surface area contributed by atoms with E-state index in [2.05, 4.69) is 5.32 Å². The lowest BCUT2D eigenvalue weighted by atomic mass is 9.96. The summed E-state index contributed by atoms with van der Waals surface area (Å²) in [6.45, 7) is 12.3. The Morgan fingerprint density at radius 1 is 1.26 bits per heavy atom. The predicted octanol–water partition coefficient (Wildman–Crippen LogP) is 2.37. The van der Waals surface area contributed by atoms with Crippen molar-refractivity contribution in [3.05, 3.63) is 0 Å². The van der Waals surface area contributed by atoms with Crippen LogP contribution in [-0.4, -0.2) is 37.4 Å². The molecular formula is C15H29NO3. The molecule has 4 heteroatoms. The van der Waals surface area contributed by atoms with Crippen molar-refractivity contribution < 1.29 is 14.3 Å². The normalized spacial score (nSPS) is 19.5. The maximum atomic E-state index is 12.2. The van der Waals surface area contributed by atoms with Crippen molar-refractivity contribution in [3.8, 4) is 0 Å². The van der Waals surface area contributed by atoms with E-state index < -0.39 is 5.60 Å². The molecule has 1 fully saturated rings. The third-order valence-corrected chi connectivity index (χ3v) is 3.31. The first-order chi connectivity index (χ1) is 8.79. The van der Waals surface area contributed by atoms with E-state index in [0.29, 0.717) is 6.61 Å². The fourth-order valence-corrected chi connectivity index (χ4v) is 2.11. The van der Waals surface area contributed by atoms with Crippen LogP contribution in [0.15, 0.2) is 0 Å². The summed E-state index contributed by atoms with van der Waals surface area (Å²) >= 11 is 0. The van der Waals surface area contributed by atoms with Crippen molar-refractivity contribution in [2.24, 2.45) is 11.8 Å². The van der Waals surface area contributed by atoms with Crippen LogP contribution in [0, 0.1) is 11.8 Å². The molecule has 19 heavy (non-hydrogen) atoms. The Labute approximate surface area is 117 Å². The van der Waals surface area contributed by atoms with Crippen LogP contribution in [0.3, 0.4) is 0 Å². The molecule has 0 aliphatic carbocycles. The Bertz CT molecular complexity index is 278. The highest BCUT2D eigenvalue weighted by Crippen LogP contribution is 2.19. The van der Waals surface area contributed by atoms with Crippen LogP contribution < -0.4 is 5.32 Å². The average Bonchev–Trinajstić information content (AvgIpc) is 2.27. The van der Waals surface area contributed by atoms with E-state index in [1.807, 2.05) is 34.6 Å². The molecule has 4 nitrogen and oxygen atoms in total. The third-order valence-electron chi connectivity index (χ3n) is 3.31. The van der Waals surface area contributed by atoms with Crippen LogP contribution >= 0.6 is 0 Å². The highest BCUT2D eigenvalue weighted by molar-refractivity contribution is 5.73. The van der Waals surface area contributed by atoms with Crippen LogP contribution in [0.2, 0.25) is 0 Å². The van der Waals surface area contributed by atoms with Gasteiger partial charge in [-0.1, -0.05) is 13.8 Å². The van der Waals surface area contributed by atoms with Gasteiger partial charge in [-0.2, -0.15) is 0 Å². The summed E-state index contributed by atoms with van der Waals surface area (Å²) in [4.78, 5) is 12.2. The number of rotatable bonds is 5. The lowest BCUT2D eigenvalue weighted by Gasteiger charge is -2.28. The van der Waals surface area contributed by atoms with Crippen molar-refractivity contribution in [1.82, 2.24) is 5.32 Å². The van der Waals surface area contributed by atoms with Crippen LogP contribution in [0.5, 0.6) is 0 Å². The minimum Gasteiger partial charge on any atom is -0.460 e. The standard InChI is InChI=1S/C15H29NO3/c1-11(2)13(14(17)19-15(3,4)5)10-18-12-6-8-16-9-7-12/h11-13,16H,6-10H2,1-5H3/t13-/m0/s1. The Kier molecular flexibility index (Phi) is 6.27. The smallest absolute Gasteiger partial charge is 0.312 e. The topological polar surface area (TPSA) is 47.6 Å². The summed E-state index contributed by atoms with van der Waals surface area (Å²) in [6.07, 6.45) is 2.34. The van der Waals surface area contributed by atoms with Gasteiger partial charge in [-0.15, -0.1) is 0 Å². The van der Waals surface area contributed by atoms with E-state index in [-0.39, 0.29) is 23.9 Å². The van der Waals surface area contributed by atoms with E-state index >= 15 is 0 Å². The van der Waals surface area contributed by atoms with Gasteiger partial charge in [0.05, 0.1) is 18.6 Å². The van der Waals surface area contributed by atoms with Crippen LogP contribution in [0.25, 0.3) is 0 Å². The zero-order valence-corrected chi connectivity index (χ0v) is 13.0. The first-order valence-corrected chi connectivity index (χ1v) is 7.35. The van der Waals surface area contributed by atoms with E-state index in [0.717, 1.165) is 25.9 Å². The maximum absolute atomic E-state index is 12.2. The first kappa shape index (κ1) is 16.4. The number of carbonyl (C=O) groups excluding carboxylic acids is 1. The molecule has 1 heterocycles. The fraction of sp³-hybridized carbons (Fsp3) is 0.933. The minimum atomic E-state index is -0.432. The summed E-state index contributed by atoms with van der Waals surface area (Å²) in [6, 6.07) is 0. The largest absolute Gasteiger partial charge is 0.460 e. The van der Waals surface area contributed by atoms with Gasteiger partial charge < -0.3 is 14.8 Å². The molecule has 112 valence electrons. The molecule has 0 radical (unpaired) electrons. The highest BCUT2D eigenvalue weighted by atomic mass is 16.6. The molecule has 1 atom stereocenters. The molecule has 0 bridgehead atoms. The number of esters is 1. The second-order valence-electron chi connectivity index (χ2n) is 6.67. The van der Waals surface area contributed by atoms with Crippen LogP contribution in [0.4, 0.5) is 0 Å². The molecule has 0 saturated carbocycles. The van der Waals surface area contributed by atoms with Gasteiger partial charge in [0.15, 0.2) is 0 Å². The molecule has 0 spiro atoms. The molecule has 1 aliphatic heterocycles. The zero-order valence-electron chi connectivity index (χ0n) is 13.0. The van der Waals surface area contributed by atoms with Gasteiger partial charge in [-0.3, -0.25) is 4.79 Å². The molecule has 1 saturated heterocycles. The number of hydrogen-bond donors (Lipinski definition) is 1. The first-order valence-electron chi connectivity index (χ1n) is 7.35. The Morgan fingerprint density at radius 2 is 1.84 bits per heavy atom. The molecule has 1 N–H and O–H groups in total. The summed E-state index contributed by atoms with van der Waals surface area (Å²) < 4.78 is 11.4. The second kappa shape index (κ2) is 7.25. The second-order valence-corrected chi connectivity index (χ2v) is 6.67. The monoisotopic (exact) mass is 271 g/mol. The van der Waals surface area contributed by atoms with Gasteiger partial charge in [-0.25, -0.2) is 0 Å².